The zero-order valence-electron chi connectivity index (χ0n) is 9.66. The molecule has 3 atom stereocenters. The van der Waals surface area contributed by atoms with Crippen molar-refractivity contribution in [3.63, 3.8) is 0 Å². The first-order chi connectivity index (χ1) is 7.44. The van der Waals surface area contributed by atoms with Crippen molar-refractivity contribution in [1.29, 1.82) is 0 Å². The lowest BCUT2D eigenvalue weighted by molar-refractivity contribution is -0.134. The quantitative estimate of drug-likeness (QED) is 0.444. The second-order valence-corrected chi connectivity index (χ2v) is 2.93. The zero-order valence-corrected chi connectivity index (χ0v) is 9.66. The fourth-order valence-electron chi connectivity index (χ4n) is 0.973. The minimum absolute atomic E-state index is 0.258. The number of methoxy groups -OCH3 is 2. The maximum atomic E-state index is 9.18. The van der Waals surface area contributed by atoms with Gasteiger partial charge in [0.1, 0.15) is 18.3 Å². The second kappa shape index (κ2) is 10.8. The average molecular weight is 240 g/mol. The van der Waals surface area contributed by atoms with Crippen LogP contribution in [0.2, 0.25) is 0 Å². The predicted octanol–water partition coefficient (Wildman–Crippen LogP) is -1.55. The van der Waals surface area contributed by atoms with E-state index in [4.69, 9.17) is 29.6 Å². The Balaban J connectivity index is 0. The van der Waals surface area contributed by atoms with Gasteiger partial charge in [-0.05, 0) is 0 Å². The number of aliphatic carboxylic acids is 1. The third-order valence-electron chi connectivity index (χ3n) is 1.69. The Kier molecular flexibility index (Phi) is 11.9. The van der Waals surface area contributed by atoms with Crippen molar-refractivity contribution in [2.24, 2.45) is 0 Å². The summed E-state index contributed by atoms with van der Waals surface area (Å²) in [6, 6.07) is 0. The third-order valence-corrected chi connectivity index (χ3v) is 1.69. The molecule has 16 heavy (non-hydrogen) atoms. The van der Waals surface area contributed by atoms with Crippen LogP contribution in [0.3, 0.4) is 0 Å². The number of carbonyl (C=O) groups is 1. The van der Waals surface area contributed by atoms with Crippen molar-refractivity contribution in [2.75, 3.05) is 27.4 Å². The van der Waals surface area contributed by atoms with E-state index in [1.54, 1.807) is 0 Å². The number of ether oxygens (including phenoxy) is 2. The van der Waals surface area contributed by atoms with Crippen molar-refractivity contribution in [3.05, 3.63) is 0 Å². The van der Waals surface area contributed by atoms with Crippen LogP contribution in [0.1, 0.15) is 6.92 Å². The molecule has 0 amide bonds. The van der Waals surface area contributed by atoms with Crippen molar-refractivity contribution >= 4 is 5.97 Å². The molecule has 0 aromatic heterocycles. The van der Waals surface area contributed by atoms with E-state index in [0.29, 0.717) is 0 Å². The van der Waals surface area contributed by atoms with Crippen LogP contribution < -0.4 is 0 Å². The number of hydrogen-bond acceptors (Lipinski definition) is 6. The van der Waals surface area contributed by atoms with Crippen LogP contribution in [-0.4, -0.2) is 72.1 Å². The first kappa shape index (κ1) is 17.7. The van der Waals surface area contributed by atoms with E-state index in [9.17, 15) is 5.11 Å². The highest BCUT2D eigenvalue weighted by atomic mass is 16.5. The van der Waals surface area contributed by atoms with Crippen molar-refractivity contribution < 1.29 is 34.7 Å². The van der Waals surface area contributed by atoms with Gasteiger partial charge in [-0.25, -0.2) is 0 Å². The maximum Gasteiger partial charge on any atom is 0.300 e. The van der Waals surface area contributed by atoms with Gasteiger partial charge >= 0.3 is 0 Å². The highest BCUT2D eigenvalue weighted by molar-refractivity contribution is 5.62. The first-order valence-electron chi connectivity index (χ1n) is 4.59. The summed E-state index contributed by atoms with van der Waals surface area (Å²) in [5.74, 6) is -0.833. The van der Waals surface area contributed by atoms with E-state index in [1.165, 1.54) is 14.2 Å². The van der Waals surface area contributed by atoms with E-state index in [0.717, 1.165) is 6.92 Å². The molecule has 4 N–H and O–H groups in total. The summed E-state index contributed by atoms with van der Waals surface area (Å²) >= 11 is 0. The largest absolute Gasteiger partial charge is 0.481 e. The Morgan fingerprint density at radius 3 is 1.81 bits per heavy atom. The minimum atomic E-state index is -1.04. The number of aliphatic hydroxyl groups excluding tert-OH is 3. The van der Waals surface area contributed by atoms with Crippen LogP contribution in [0.5, 0.6) is 0 Å². The van der Waals surface area contributed by atoms with Gasteiger partial charge in [0.15, 0.2) is 0 Å². The lowest BCUT2D eigenvalue weighted by atomic mass is 10.1. The molecule has 7 nitrogen and oxygen atoms in total. The Labute approximate surface area is 94.2 Å². The fourth-order valence-corrected chi connectivity index (χ4v) is 0.973. The van der Waals surface area contributed by atoms with E-state index in [-0.39, 0.29) is 6.61 Å². The molecular formula is C9H20O7. The first-order valence-corrected chi connectivity index (χ1v) is 4.59. The van der Waals surface area contributed by atoms with Gasteiger partial charge in [0.05, 0.1) is 13.2 Å². The molecule has 0 aliphatic rings. The highest BCUT2D eigenvalue weighted by Gasteiger charge is 2.27. The molecule has 0 saturated heterocycles. The van der Waals surface area contributed by atoms with E-state index >= 15 is 0 Å². The molecule has 0 fully saturated rings. The van der Waals surface area contributed by atoms with Crippen LogP contribution >= 0.6 is 0 Å². The summed E-state index contributed by atoms with van der Waals surface area (Å²) in [5, 5.41) is 34.0. The van der Waals surface area contributed by atoms with Crippen LogP contribution in [0.4, 0.5) is 0 Å². The van der Waals surface area contributed by atoms with Crippen molar-refractivity contribution in [1.82, 2.24) is 0 Å². The Morgan fingerprint density at radius 1 is 1.19 bits per heavy atom. The van der Waals surface area contributed by atoms with Crippen LogP contribution in [-0.2, 0) is 14.3 Å². The van der Waals surface area contributed by atoms with E-state index in [2.05, 4.69) is 0 Å². The molecule has 0 saturated carbocycles. The number of rotatable bonds is 6. The number of hydrogen-bond donors (Lipinski definition) is 4. The lowest BCUT2D eigenvalue weighted by Crippen LogP contribution is -2.43. The smallest absolute Gasteiger partial charge is 0.300 e. The monoisotopic (exact) mass is 240 g/mol. The molecule has 98 valence electrons. The molecule has 7 heteroatoms. The fraction of sp³-hybridized carbons (Fsp3) is 0.889. The normalized spacial score (nSPS) is 15.6. The van der Waals surface area contributed by atoms with E-state index in [1.807, 2.05) is 0 Å². The van der Waals surface area contributed by atoms with Crippen LogP contribution in [0, 0.1) is 0 Å². The van der Waals surface area contributed by atoms with Gasteiger partial charge in [-0.2, -0.15) is 0 Å². The molecule has 0 radical (unpaired) electrons. The summed E-state index contributed by atoms with van der Waals surface area (Å²) in [4.78, 5) is 9.00. The molecular weight excluding hydrogens is 220 g/mol. The Morgan fingerprint density at radius 2 is 1.62 bits per heavy atom. The predicted molar refractivity (Wildman–Crippen MR) is 55.1 cm³/mol. The Bertz CT molecular complexity index is 165. The van der Waals surface area contributed by atoms with Gasteiger partial charge < -0.3 is 29.9 Å². The van der Waals surface area contributed by atoms with Gasteiger partial charge in [-0.3, -0.25) is 4.79 Å². The van der Waals surface area contributed by atoms with Gasteiger partial charge in [0, 0.05) is 21.1 Å². The molecule has 0 bridgehead atoms. The summed E-state index contributed by atoms with van der Waals surface area (Å²) in [7, 11) is 2.78. The summed E-state index contributed by atoms with van der Waals surface area (Å²) in [6.45, 7) is 0.407. The van der Waals surface area contributed by atoms with Crippen LogP contribution in [0.15, 0.2) is 0 Å². The molecule has 0 heterocycles. The van der Waals surface area contributed by atoms with Gasteiger partial charge in [0.25, 0.3) is 5.97 Å². The maximum absolute atomic E-state index is 9.18. The molecule has 0 aliphatic carbocycles. The lowest BCUT2D eigenvalue weighted by Gasteiger charge is -2.26. The second-order valence-electron chi connectivity index (χ2n) is 2.93. The number of aliphatic hydroxyl groups is 3. The molecule has 0 aromatic carbocycles. The molecule has 0 aromatic rings. The summed E-state index contributed by atoms with van der Waals surface area (Å²) in [5.41, 5.74) is 0. The molecule has 0 unspecified atom stereocenters. The van der Waals surface area contributed by atoms with Gasteiger partial charge in [-0.15, -0.1) is 0 Å². The molecule has 0 rings (SSSR count). The van der Waals surface area contributed by atoms with E-state index < -0.39 is 30.9 Å². The molecule has 0 spiro atoms. The number of carboxylic acids is 1. The summed E-state index contributed by atoms with van der Waals surface area (Å²) < 4.78 is 9.68. The highest BCUT2D eigenvalue weighted by Crippen LogP contribution is 2.06. The van der Waals surface area contributed by atoms with Crippen molar-refractivity contribution in [2.45, 2.75) is 25.2 Å². The van der Waals surface area contributed by atoms with Gasteiger partial charge in [0.2, 0.25) is 0 Å². The minimum Gasteiger partial charge on any atom is -0.481 e. The Hall–Kier alpha value is -0.730. The van der Waals surface area contributed by atoms with Gasteiger partial charge in [-0.1, -0.05) is 0 Å². The summed E-state index contributed by atoms with van der Waals surface area (Å²) in [6.07, 6.45) is -2.35. The average Bonchev–Trinajstić information content (AvgIpc) is 2.23. The van der Waals surface area contributed by atoms with Crippen molar-refractivity contribution in [3.8, 4) is 0 Å². The zero-order chi connectivity index (χ0) is 13.1. The SMILES string of the molecule is CC(=O)O.CO[C@H]([C@H](O)CO)[C@@H](CO)OC. The third kappa shape index (κ3) is 8.57. The number of carboxylic acid groups (broad SMARTS) is 1. The topological polar surface area (TPSA) is 116 Å². The standard InChI is InChI=1S/C7H16O5.C2H4O2/c1-11-6(4-9)7(12-2)5(10)3-8;1-2(3)4/h5-10H,3-4H2,1-2H3;1H3,(H,3,4)/t5-,6-,7-;/m1./s1. The molecule has 0 aliphatic heterocycles. The van der Waals surface area contributed by atoms with Crippen LogP contribution in [0.25, 0.3) is 0 Å².